The molecule has 2 heterocycles. The van der Waals surface area contributed by atoms with Crippen molar-refractivity contribution < 1.29 is 4.39 Å². The fourth-order valence-electron chi connectivity index (χ4n) is 3.54. The number of rotatable bonds is 2. The lowest BCUT2D eigenvalue weighted by Gasteiger charge is -2.05. The molecule has 0 amide bonds. The highest BCUT2D eigenvalue weighted by atomic mass is 32.1. The molecule has 0 aliphatic carbocycles. The van der Waals surface area contributed by atoms with Gasteiger partial charge in [0, 0.05) is 44.4 Å². The summed E-state index contributed by atoms with van der Waals surface area (Å²) < 4.78 is 17.2. The van der Waals surface area contributed by atoms with E-state index in [1.165, 1.54) is 33.8 Å². The van der Waals surface area contributed by atoms with Crippen molar-refractivity contribution in [2.24, 2.45) is 0 Å². The molecule has 0 saturated carbocycles. The van der Waals surface area contributed by atoms with Crippen LogP contribution in [0.4, 0.5) is 4.39 Å². The second kappa shape index (κ2) is 5.20. The largest absolute Gasteiger partial charge is 0.345 e. The number of hydrogen-bond donors (Lipinski definition) is 0. The lowest BCUT2D eigenvalue weighted by atomic mass is 10.0. The van der Waals surface area contributed by atoms with Gasteiger partial charge in [-0.15, -0.1) is 11.3 Å². The predicted molar refractivity (Wildman–Crippen MR) is 97.9 cm³/mol. The molecule has 0 atom stereocenters. The summed E-state index contributed by atoms with van der Waals surface area (Å²) in [6.07, 6.45) is 0. The minimum Gasteiger partial charge on any atom is -0.345 e. The number of halogens is 1. The Kier molecular flexibility index (Phi) is 3.27. The molecule has 4 aromatic rings. The highest BCUT2D eigenvalue weighted by Crippen LogP contribution is 2.41. The molecule has 4 rings (SSSR count). The summed E-state index contributed by atoms with van der Waals surface area (Å²) in [6, 6.07) is 11.7. The number of aryl methyl sites for hydroxylation is 2. The fourth-order valence-corrected chi connectivity index (χ4v) is 4.47. The average Bonchev–Trinajstić information content (AvgIpc) is 3.04. The van der Waals surface area contributed by atoms with Gasteiger partial charge in [0.25, 0.3) is 0 Å². The van der Waals surface area contributed by atoms with Crippen molar-refractivity contribution in [1.82, 2.24) is 4.57 Å². The van der Waals surface area contributed by atoms with Crippen LogP contribution in [0.3, 0.4) is 0 Å². The summed E-state index contributed by atoms with van der Waals surface area (Å²) in [7, 11) is 0. The molecule has 0 bridgehead atoms. The third kappa shape index (κ3) is 2.11. The second-order valence-corrected chi connectivity index (χ2v) is 6.93. The highest BCUT2D eigenvalue weighted by molar-refractivity contribution is 7.17. The minimum absolute atomic E-state index is 0.176. The zero-order valence-electron chi connectivity index (χ0n) is 13.5. The van der Waals surface area contributed by atoms with E-state index in [4.69, 9.17) is 0 Å². The molecule has 0 saturated heterocycles. The number of benzene rings is 2. The van der Waals surface area contributed by atoms with Gasteiger partial charge >= 0.3 is 0 Å². The van der Waals surface area contributed by atoms with E-state index in [0.717, 1.165) is 22.2 Å². The molecule has 0 radical (unpaired) electrons. The molecule has 0 aliphatic heterocycles. The predicted octanol–water partition coefficient (Wildman–Crippen LogP) is 6.30. The van der Waals surface area contributed by atoms with E-state index >= 15 is 0 Å². The molecule has 23 heavy (non-hydrogen) atoms. The minimum atomic E-state index is -0.176. The molecule has 116 valence electrons. The molecule has 0 N–H and O–H groups in total. The molecular weight excluding hydrogens is 305 g/mol. The van der Waals surface area contributed by atoms with Crippen molar-refractivity contribution in [2.75, 3.05) is 0 Å². The van der Waals surface area contributed by atoms with Crippen LogP contribution in [0.5, 0.6) is 0 Å². The molecule has 0 fully saturated rings. The van der Waals surface area contributed by atoms with Crippen LogP contribution in [0.2, 0.25) is 0 Å². The van der Waals surface area contributed by atoms with E-state index in [1.54, 1.807) is 17.4 Å². The number of nitrogens with zero attached hydrogens (tertiary/aromatic N) is 1. The molecule has 2 aromatic heterocycles. The van der Waals surface area contributed by atoms with Crippen LogP contribution in [0, 0.1) is 19.7 Å². The van der Waals surface area contributed by atoms with Crippen LogP contribution in [-0.2, 0) is 6.54 Å². The van der Waals surface area contributed by atoms with E-state index in [0.29, 0.717) is 0 Å². The lowest BCUT2D eigenvalue weighted by molar-refractivity contribution is 0.630. The van der Waals surface area contributed by atoms with Crippen LogP contribution < -0.4 is 0 Å². The van der Waals surface area contributed by atoms with Crippen LogP contribution >= 0.6 is 11.3 Å². The van der Waals surface area contributed by atoms with Crippen LogP contribution in [0.1, 0.15) is 18.2 Å². The van der Waals surface area contributed by atoms with E-state index in [2.05, 4.69) is 48.9 Å². The zero-order valence-corrected chi connectivity index (χ0v) is 14.3. The maximum absolute atomic E-state index is 13.8. The first-order valence-corrected chi connectivity index (χ1v) is 8.74. The highest BCUT2D eigenvalue weighted by Gasteiger charge is 2.18. The zero-order chi connectivity index (χ0) is 16.1. The van der Waals surface area contributed by atoms with Gasteiger partial charge in [0.1, 0.15) is 5.82 Å². The van der Waals surface area contributed by atoms with Crippen LogP contribution in [0.15, 0.2) is 41.8 Å². The van der Waals surface area contributed by atoms with Gasteiger partial charge in [0.05, 0.1) is 0 Å². The topological polar surface area (TPSA) is 4.93 Å². The van der Waals surface area contributed by atoms with Gasteiger partial charge in [-0.3, -0.25) is 0 Å². The van der Waals surface area contributed by atoms with Gasteiger partial charge in [-0.2, -0.15) is 0 Å². The molecule has 0 spiro atoms. The summed E-state index contributed by atoms with van der Waals surface area (Å²) in [6.45, 7) is 7.38. The maximum Gasteiger partial charge on any atom is 0.123 e. The summed E-state index contributed by atoms with van der Waals surface area (Å²) in [5, 5.41) is 4.43. The SMILES string of the molecule is CCn1c(C)c(-c2csc3ccc(F)cc23)c2cc(C)ccc21. The normalized spacial score (nSPS) is 11.7. The van der Waals surface area contributed by atoms with Crippen LogP contribution in [0.25, 0.3) is 32.1 Å². The second-order valence-electron chi connectivity index (χ2n) is 6.02. The van der Waals surface area contributed by atoms with Gasteiger partial charge in [-0.1, -0.05) is 11.6 Å². The summed E-state index contributed by atoms with van der Waals surface area (Å²) in [4.78, 5) is 0. The third-order valence-electron chi connectivity index (χ3n) is 4.60. The molecule has 0 aliphatic rings. The summed E-state index contributed by atoms with van der Waals surface area (Å²) in [5.74, 6) is -0.176. The Balaban J connectivity index is 2.13. The summed E-state index contributed by atoms with van der Waals surface area (Å²) >= 11 is 1.68. The molecule has 0 unspecified atom stereocenters. The average molecular weight is 323 g/mol. The van der Waals surface area contributed by atoms with E-state index < -0.39 is 0 Å². The molecular formula is C20H18FNS. The Hall–Kier alpha value is -2.13. The molecule has 3 heteroatoms. The van der Waals surface area contributed by atoms with E-state index in [9.17, 15) is 4.39 Å². The fraction of sp³-hybridized carbons (Fsp3) is 0.200. The van der Waals surface area contributed by atoms with Crippen LogP contribution in [-0.4, -0.2) is 4.57 Å². The maximum atomic E-state index is 13.8. The van der Waals surface area contributed by atoms with Gasteiger partial charge in [-0.25, -0.2) is 4.39 Å². The van der Waals surface area contributed by atoms with Gasteiger partial charge < -0.3 is 4.57 Å². The Morgan fingerprint density at radius 2 is 1.87 bits per heavy atom. The quantitative estimate of drug-likeness (QED) is 0.408. The van der Waals surface area contributed by atoms with Crippen molar-refractivity contribution in [2.45, 2.75) is 27.3 Å². The van der Waals surface area contributed by atoms with Gasteiger partial charge in [-0.05, 0) is 56.5 Å². The Bertz CT molecular complexity index is 1040. The standard InChI is InChI=1S/C20H18FNS/c1-4-22-13(3)20(16-9-12(2)5-7-18(16)22)17-11-23-19-8-6-14(21)10-15(17)19/h5-11H,4H2,1-3H3. The number of aromatic nitrogens is 1. The van der Waals surface area contributed by atoms with E-state index in [1.807, 2.05) is 6.07 Å². The summed E-state index contributed by atoms with van der Waals surface area (Å²) in [5.41, 5.74) is 6.13. The Morgan fingerprint density at radius 3 is 2.65 bits per heavy atom. The van der Waals surface area contributed by atoms with Gasteiger partial charge in [0.15, 0.2) is 0 Å². The lowest BCUT2D eigenvalue weighted by Crippen LogP contribution is -1.96. The Labute approximate surface area is 139 Å². The monoisotopic (exact) mass is 323 g/mol. The number of thiophene rings is 1. The van der Waals surface area contributed by atoms with Crippen molar-refractivity contribution in [1.29, 1.82) is 0 Å². The van der Waals surface area contributed by atoms with Crippen molar-refractivity contribution in [3.05, 3.63) is 58.9 Å². The Morgan fingerprint density at radius 1 is 1.04 bits per heavy atom. The molecule has 2 aromatic carbocycles. The number of hydrogen-bond acceptors (Lipinski definition) is 1. The van der Waals surface area contributed by atoms with Crippen molar-refractivity contribution in [3.8, 4) is 11.1 Å². The first-order chi connectivity index (χ1) is 11.1. The van der Waals surface area contributed by atoms with E-state index in [-0.39, 0.29) is 5.82 Å². The number of fused-ring (bicyclic) bond motifs is 2. The third-order valence-corrected chi connectivity index (χ3v) is 5.56. The smallest absolute Gasteiger partial charge is 0.123 e. The van der Waals surface area contributed by atoms with Gasteiger partial charge in [0.2, 0.25) is 0 Å². The van der Waals surface area contributed by atoms with Crippen molar-refractivity contribution in [3.63, 3.8) is 0 Å². The molecule has 1 nitrogen and oxygen atoms in total. The first kappa shape index (κ1) is 14.5. The van der Waals surface area contributed by atoms with Crippen molar-refractivity contribution >= 4 is 32.3 Å². The first-order valence-electron chi connectivity index (χ1n) is 7.86.